The minimum atomic E-state index is -1.04. The molecule has 0 saturated heterocycles. The van der Waals surface area contributed by atoms with Crippen LogP contribution in [0.25, 0.3) is 0 Å². The average molecular weight is 250 g/mol. The number of aliphatic hydroxyl groups is 1. The van der Waals surface area contributed by atoms with Gasteiger partial charge in [-0.2, -0.15) is 0 Å². The molecule has 3 heteroatoms. The third kappa shape index (κ3) is 1.85. The van der Waals surface area contributed by atoms with Gasteiger partial charge in [0, 0.05) is 3.57 Å². The fraction of sp³-hybridized carbons (Fsp3) is 0.143. The van der Waals surface area contributed by atoms with Crippen molar-refractivity contribution in [3.8, 4) is 0 Å². The molecule has 0 bridgehead atoms. The van der Waals surface area contributed by atoms with Gasteiger partial charge in [-0.25, -0.2) is 0 Å². The number of rotatable bonds is 2. The van der Waals surface area contributed by atoms with Crippen LogP contribution in [0.5, 0.6) is 0 Å². The molecular formula is C7H7IO2. The molecule has 1 rings (SSSR count). The largest absolute Gasteiger partial charge is 0.392 e. The van der Waals surface area contributed by atoms with Crippen LogP contribution < -0.4 is 0 Å². The fourth-order valence-corrected chi connectivity index (χ4v) is 1.29. The van der Waals surface area contributed by atoms with Crippen molar-refractivity contribution in [1.82, 2.24) is 0 Å². The number of benzene rings is 1. The molecule has 0 spiro atoms. The Morgan fingerprint density at radius 2 is 1.90 bits per heavy atom. The van der Waals surface area contributed by atoms with Crippen LogP contribution in [0.2, 0.25) is 0 Å². The maximum Gasteiger partial charge on any atom is 0.182 e. The summed E-state index contributed by atoms with van der Waals surface area (Å²) >= 11 is -1.04. The number of aliphatic hydroxyl groups excluding tert-OH is 1. The van der Waals surface area contributed by atoms with E-state index in [0.29, 0.717) is 0 Å². The first-order valence-electron chi connectivity index (χ1n) is 2.83. The molecule has 0 aliphatic heterocycles. The van der Waals surface area contributed by atoms with Crippen LogP contribution in [-0.2, 0) is 9.68 Å². The maximum atomic E-state index is 10.4. The van der Waals surface area contributed by atoms with Gasteiger partial charge in [-0.3, -0.25) is 3.07 Å². The van der Waals surface area contributed by atoms with Gasteiger partial charge in [0.1, 0.15) is 0 Å². The molecule has 0 heterocycles. The molecule has 0 aromatic heterocycles. The van der Waals surface area contributed by atoms with E-state index in [2.05, 4.69) is 0 Å². The summed E-state index contributed by atoms with van der Waals surface area (Å²) < 4.78 is 11.2. The monoisotopic (exact) mass is 250 g/mol. The zero-order valence-electron chi connectivity index (χ0n) is 5.25. The maximum absolute atomic E-state index is 10.4. The summed E-state index contributed by atoms with van der Waals surface area (Å²) in [5.41, 5.74) is 0.862. The van der Waals surface area contributed by atoms with Crippen molar-refractivity contribution in [3.05, 3.63) is 33.4 Å². The molecule has 1 aromatic carbocycles. The molecule has 1 N–H and O–H groups in total. The van der Waals surface area contributed by atoms with Gasteiger partial charge in [-0.1, -0.05) is 12.1 Å². The molecule has 1 aromatic rings. The highest BCUT2D eigenvalue weighted by molar-refractivity contribution is 14.1. The van der Waals surface area contributed by atoms with Gasteiger partial charge >= 0.3 is 0 Å². The summed E-state index contributed by atoms with van der Waals surface area (Å²) in [6.45, 7) is 0.0530. The van der Waals surface area contributed by atoms with E-state index in [9.17, 15) is 3.07 Å². The molecule has 0 aliphatic rings. The number of hydrogen-bond acceptors (Lipinski definition) is 2. The SMILES string of the molecule is O=Ic1ccc(CO)cc1. The molecular weight excluding hydrogens is 243 g/mol. The average Bonchev–Trinajstić information content (AvgIpc) is 2.05. The zero-order valence-corrected chi connectivity index (χ0v) is 7.41. The Balaban J connectivity index is 2.90. The van der Waals surface area contributed by atoms with Crippen LogP contribution >= 0.6 is 21.2 Å². The molecule has 0 fully saturated rings. The Hall–Kier alpha value is -0.290. The van der Waals surface area contributed by atoms with Crippen LogP contribution in [0.3, 0.4) is 0 Å². The Labute approximate surface area is 69.5 Å². The van der Waals surface area contributed by atoms with Crippen molar-refractivity contribution in [2.45, 2.75) is 6.61 Å². The lowest BCUT2D eigenvalue weighted by atomic mass is 10.2. The van der Waals surface area contributed by atoms with Crippen molar-refractivity contribution in [3.63, 3.8) is 0 Å². The highest BCUT2D eigenvalue weighted by Gasteiger charge is 1.90. The van der Waals surface area contributed by atoms with E-state index in [1.807, 2.05) is 0 Å². The van der Waals surface area contributed by atoms with Crippen molar-refractivity contribution in [1.29, 1.82) is 0 Å². The van der Waals surface area contributed by atoms with Gasteiger partial charge in [0.15, 0.2) is 21.2 Å². The summed E-state index contributed by atoms with van der Waals surface area (Å²) in [6.07, 6.45) is 0. The summed E-state index contributed by atoms with van der Waals surface area (Å²) in [4.78, 5) is 0. The fourth-order valence-electron chi connectivity index (χ4n) is 0.641. The molecule has 0 amide bonds. The Morgan fingerprint density at radius 1 is 1.30 bits per heavy atom. The van der Waals surface area contributed by atoms with Crippen molar-refractivity contribution >= 4 is 21.2 Å². The minimum absolute atomic E-state index is 0.0530. The van der Waals surface area contributed by atoms with Crippen molar-refractivity contribution in [2.24, 2.45) is 0 Å². The first kappa shape index (κ1) is 7.81. The molecule has 10 heavy (non-hydrogen) atoms. The lowest BCUT2D eigenvalue weighted by Crippen LogP contribution is -1.80. The van der Waals surface area contributed by atoms with Gasteiger partial charge in [-0.05, 0) is 17.7 Å². The van der Waals surface area contributed by atoms with E-state index < -0.39 is 21.2 Å². The predicted molar refractivity (Wildman–Crippen MR) is 45.8 cm³/mol. The molecule has 0 saturated carbocycles. The number of hydrogen-bond donors (Lipinski definition) is 1. The summed E-state index contributed by atoms with van der Waals surface area (Å²) in [7, 11) is 0. The van der Waals surface area contributed by atoms with Crippen molar-refractivity contribution < 1.29 is 8.18 Å². The van der Waals surface area contributed by atoms with Gasteiger partial charge in [0.25, 0.3) is 0 Å². The van der Waals surface area contributed by atoms with Crippen LogP contribution in [0.4, 0.5) is 0 Å². The second kappa shape index (κ2) is 3.78. The Bertz CT molecular complexity index is 218. The molecule has 0 aliphatic carbocycles. The van der Waals surface area contributed by atoms with Gasteiger partial charge in [0.2, 0.25) is 0 Å². The van der Waals surface area contributed by atoms with Crippen molar-refractivity contribution in [2.75, 3.05) is 0 Å². The van der Waals surface area contributed by atoms with Gasteiger partial charge < -0.3 is 5.11 Å². The van der Waals surface area contributed by atoms with E-state index in [1.165, 1.54) is 0 Å². The smallest absolute Gasteiger partial charge is 0.182 e. The van der Waals surface area contributed by atoms with E-state index >= 15 is 0 Å². The van der Waals surface area contributed by atoms with E-state index in [1.54, 1.807) is 24.3 Å². The topological polar surface area (TPSA) is 37.3 Å². The van der Waals surface area contributed by atoms with Gasteiger partial charge in [-0.15, -0.1) is 0 Å². The summed E-state index contributed by atoms with van der Waals surface area (Å²) in [6, 6.07) is 7.14. The standard InChI is InChI=1S/C7H7IO2/c9-5-6-1-3-7(8-10)4-2-6/h1-4,9H,5H2. The first-order chi connectivity index (χ1) is 4.86. The van der Waals surface area contributed by atoms with E-state index in [-0.39, 0.29) is 6.61 Å². The predicted octanol–water partition coefficient (Wildman–Crippen LogP) is 1.66. The molecule has 2 nitrogen and oxygen atoms in total. The first-order valence-corrected chi connectivity index (χ1v) is 4.79. The van der Waals surface area contributed by atoms with Crippen LogP contribution in [0.15, 0.2) is 24.3 Å². The second-order valence-electron chi connectivity index (χ2n) is 1.86. The van der Waals surface area contributed by atoms with Crippen LogP contribution in [0, 0.1) is 3.57 Å². The van der Waals surface area contributed by atoms with E-state index in [0.717, 1.165) is 9.13 Å². The van der Waals surface area contributed by atoms with Crippen LogP contribution in [0.1, 0.15) is 5.56 Å². The highest BCUT2D eigenvalue weighted by Crippen LogP contribution is 2.10. The zero-order chi connectivity index (χ0) is 7.40. The Kier molecular flexibility index (Phi) is 2.95. The Morgan fingerprint density at radius 3 is 2.30 bits per heavy atom. The second-order valence-corrected chi connectivity index (χ2v) is 3.55. The van der Waals surface area contributed by atoms with Gasteiger partial charge in [0.05, 0.1) is 6.61 Å². The summed E-state index contributed by atoms with van der Waals surface area (Å²) in [5.74, 6) is 0. The molecule has 0 unspecified atom stereocenters. The van der Waals surface area contributed by atoms with E-state index in [4.69, 9.17) is 5.11 Å². The normalized spacial score (nSPS) is 9.70. The molecule has 54 valence electrons. The lowest BCUT2D eigenvalue weighted by molar-refractivity contribution is 0.282. The quantitative estimate of drug-likeness (QED) is 0.810. The number of halogens is 1. The molecule has 0 radical (unpaired) electrons. The lowest BCUT2D eigenvalue weighted by Gasteiger charge is -1.92. The highest BCUT2D eigenvalue weighted by atomic mass is 127. The third-order valence-corrected chi connectivity index (χ3v) is 2.41. The van der Waals surface area contributed by atoms with Crippen LogP contribution in [-0.4, -0.2) is 5.11 Å². The molecule has 0 atom stereocenters. The third-order valence-electron chi connectivity index (χ3n) is 1.18. The summed E-state index contributed by atoms with van der Waals surface area (Å²) in [5, 5.41) is 8.63. The minimum Gasteiger partial charge on any atom is -0.392 e.